The van der Waals surface area contributed by atoms with E-state index in [9.17, 15) is 9.18 Å². The number of carbonyl (C=O) groups is 1. The standard InChI is InChI=1S/C35H31BrFN5O2S/c1-21-11-16-30(22(2)17-21)39-33(43)31-23(3)38-34-40-35(45-20-26-8-4-5-10-29(26)37)41-42(34)32(31)25-12-14-28(15-13-25)44-19-24-7-6-9-27(36)18-24/h4-18,32H,19-20H2,1-3H3,(H,39,43)(H,38,40,41). The Morgan fingerprint density at radius 1 is 1.02 bits per heavy atom. The molecule has 2 N–H and O–H groups in total. The van der Waals surface area contributed by atoms with Crippen molar-refractivity contribution in [3.63, 3.8) is 0 Å². The second-order valence-electron chi connectivity index (χ2n) is 10.9. The van der Waals surface area contributed by atoms with Crippen LogP contribution in [0.1, 0.15) is 40.8 Å². The lowest BCUT2D eigenvalue weighted by molar-refractivity contribution is -0.113. The first-order valence-corrected chi connectivity index (χ1v) is 16.2. The molecule has 0 spiro atoms. The van der Waals surface area contributed by atoms with E-state index >= 15 is 0 Å². The summed E-state index contributed by atoms with van der Waals surface area (Å²) in [6.07, 6.45) is 0. The van der Waals surface area contributed by atoms with E-state index in [2.05, 4.69) is 26.6 Å². The van der Waals surface area contributed by atoms with E-state index in [1.807, 2.05) is 93.6 Å². The number of halogens is 2. The maximum Gasteiger partial charge on any atom is 0.255 e. The van der Waals surface area contributed by atoms with E-state index in [1.165, 1.54) is 17.8 Å². The summed E-state index contributed by atoms with van der Waals surface area (Å²) in [6, 6.07) is 27.7. The number of thioether (sulfide) groups is 1. The summed E-state index contributed by atoms with van der Waals surface area (Å²) in [5.74, 6) is 1.07. The Kier molecular flexibility index (Phi) is 9.04. The minimum atomic E-state index is -0.568. The van der Waals surface area contributed by atoms with Crippen molar-refractivity contribution in [2.24, 2.45) is 0 Å². The van der Waals surface area contributed by atoms with Crippen molar-refractivity contribution < 1.29 is 13.9 Å². The maximum absolute atomic E-state index is 14.3. The zero-order chi connectivity index (χ0) is 31.5. The molecular weight excluding hydrogens is 653 g/mol. The van der Waals surface area contributed by atoms with Crippen LogP contribution >= 0.6 is 27.7 Å². The molecule has 7 nitrogen and oxygen atoms in total. The number of anilines is 2. The molecule has 0 bridgehead atoms. The van der Waals surface area contributed by atoms with Gasteiger partial charge in [-0.15, -0.1) is 5.10 Å². The molecule has 0 saturated carbocycles. The van der Waals surface area contributed by atoms with Gasteiger partial charge in [0.2, 0.25) is 11.1 Å². The van der Waals surface area contributed by atoms with Crippen LogP contribution in [0.15, 0.2) is 112 Å². The first-order valence-electron chi connectivity index (χ1n) is 14.4. The van der Waals surface area contributed by atoms with Gasteiger partial charge in [-0.25, -0.2) is 9.07 Å². The Balaban J connectivity index is 1.30. The highest BCUT2D eigenvalue weighted by Gasteiger charge is 2.34. The predicted molar refractivity (Wildman–Crippen MR) is 180 cm³/mol. The smallest absolute Gasteiger partial charge is 0.255 e. The topological polar surface area (TPSA) is 81.1 Å². The van der Waals surface area contributed by atoms with Gasteiger partial charge in [-0.1, -0.05) is 87.9 Å². The van der Waals surface area contributed by atoms with Crippen LogP contribution in [0, 0.1) is 19.7 Å². The minimum Gasteiger partial charge on any atom is -0.489 e. The molecule has 2 heterocycles. The number of carbonyl (C=O) groups excluding carboxylic acids is 1. The van der Waals surface area contributed by atoms with Crippen molar-refractivity contribution in [3.05, 3.63) is 140 Å². The molecule has 1 atom stereocenters. The number of aromatic nitrogens is 3. The van der Waals surface area contributed by atoms with Crippen LogP contribution in [0.4, 0.5) is 16.0 Å². The molecule has 5 aromatic rings. The Morgan fingerprint density at radius 2 is 1.82 bits per heavy atom. The van der Waals surface area contributed by atoms with Crippen LogP contribution in [0.5, 0.6) is 5.75 Å². The molecule has 1 aliphatic heterocycles. The molecule has 1 aliphatic rings. The van der Waals surface area contributed by atoms with Crippen molar-refractivity contribution >= 4 is 45.2 Å². The molecule has 4 aromatic carbocycles. The molecule has 0 aliphatic carbocycles. The van der Waals surface area contributed by atoms with E-state index in [-0.39, 0.29) is 11.7 Å². The molecule has 0 radical (unpaired) electrons. The molecule has 1 aromatic heterocycles. The first-order chi connectivity index (χ1) is 21.7. The van der Waals surface area contributed by atoms with Crippen molar-refractivity contribution in [3.8, 4) is 5.75 Å². The largest absolute Gasteiger partial charge is 0.489 e. The number of benzene rings is 4. The SMILES string of the molecule is CC1=C(C(=O)Nc2ccc(C)cc2C)C(c2ccc(OCc3cccc(Br)c3)cc2)n2nc(SCc3ccccc3F)nc2N1. The van der Waals surface area contributed by atoms with Gasteiger partial charge in [0.05, 0.1) is 5.57 Å². The summed E-state index contributed by atoms with van der Waals surface area (Å²) < 4.78 is 23.1. The van der Waals surface area contributed by atoms with Crippen molar-refractivity contribution in [1.82, 2.24) is 14.8 Å². The van der Waals surface area contributed by atoms with Gasteiger partial charge >= 0.3 is 0 Å². The second kappa shape index (κ2) is 13.3. The highest BCUT2D eigenvalue weighted by Crippen LogP contribution is 2.38. The summed E-state index contributed by atoms with van der Waals surface area (Å²) in [4.78, 5) is 18.7. The van der Waals surface area contributed by atoms with Crippen LogP contribution in [-0.4, -0.2) is 20.7 Å². The summed E-state index contributed by atoms with van der Waals surface area (Å²) in [7, 11) is 0. The van der Waals surface area contributed by atoms with Gasteiger partial charge in [0.25, 0.3) is 5.91 Å². The molecule has 1 amide bonds. The summed E-state index contributed by atoms with van der Waals surface area (Å²) in [5.41, 5.74) is 6.47. The van der Waals surface area contributed by atoms with E-state index in [1.54, 1.807) is 16.8 Å². The van der Waals surface area contributed by atoms with Crippen molar-refractivity contribution in [2.75, 3.05) is 10.6 Å². The fourth-order valence-corrected chi connectivity index (χ4v) is 6.50. The maximum atomic E-state index is 14.3. The fourth-order valence-electron chi connectivity index (χ4n) is 5.24. The lowest BCUT2D eigenvalue weighted by atomic mass is 9.94. The van der Waals surface area contributed by atoms with Crippen LogP contribution < -0.4 is 15.4 Å². The van der Waals surface area contributed by atoms with Crippen LogP contribution in [0.3, 0.4) is 0 Å². The number of amides is 1. The number of fused-ring (bicyclic) bond motifs is 1. The molecule has 10 heteroatoms. The van der Waals surface area contributed by atoms with Crippen molar-refractivity contribution in [2.45, 2.75) is 44.3 Å². The Morgan fingerprint density at radius 3 is 2.58 bits per heavy atom. The van der Waals surface area contributed by atoms with Gasteiger partial charge in [-0.05, 0) is 79.4 Å². The molecule has 1 unspecified atom stereocenters. The molecule has 45 heavy (non-hydrogen) atoms. The van der Waals surface area contributed by atoms with Gasteiger partial charge in [0.15, 0.2) is 0 Å². The molecule has 6 rings (SSSR count). The fraction of sp³-hybridized carbons (Fsp3) is 0.171. The molecule has 0 saturated heterocycles. The Bertz CT molecular complexity index is 1910. The molecule has 0 fully saturated rings. The number of aryl methyl sites for hydroxylation is 2. The third-order valence-corrected chi connectivity index (χ3v) is 8.89. The first kappa shape index (κ1) is 30.6. The van der Waals surface area contributed by atoms with Gasteiger partial charge in [-0.3, -0.25) is 4.79 Å². The Labute approximate surface area is 274 Å². The highest BCUT2D eigenvalue weighted by molar-refractivity contribution is 9.10. The van der Waals surface area contributed by atoms with E-state index in [0.717, 1.165) is 32.4 Å². The van der Waals surface area contributed by atoms with E-state index < -0.39 is 6.04 Å². The van der Waals surface area contributed by atoms with E-state index in [0.29, 0.717) is 46.0 Å². The van der Waals surface area contributed by atoms with Crippen LogP contribution in [0.2, 0.25) is 0 Å². The monoisotopic (exact) mass is 683 g/mol. The zero-order valence-electron chi connectivity index (χ0n) is 25.0. The quantitative estimate of drug-likeness (QED) is 0.152. The third-order valence-electron chi connectivity index (χ3n) is 7.51. The number of hydrogen-bond donors (Lipinski definition) is 2. The summed E-state index contributed by atoms with van der Waals surface area (Å²) in [6.45, 7) is 6.28. The van der Waals surface area contributed by atoms with Gasteiger partial charge in [0.1, 0.15) is 24.2 Å². The van der Waals surface area contributed by atoms with Gasteiger partial charge in [-0.2, -0.15) is 4.98 Å². The average Bonchev–Trinajstić information content (AvgIpc) is 3.43. The normalized spacial score (nSPS) is 14.1. The molecular formula is C35H31BrFN5O2S. The molecule has 228 valence electrons. The zero-order valence-corrected chi connectivity index (χ0v) is 27.4. The summed E-state index contributed by atoms with van der Waals surface area (Å²) in [5, 5.41) is 11.7. The number of ether oxygens (including phenoxy) is 1. The van der Waals surface area contributed by atoms with Crippen molar-refractivity contribution in [1.29, 1.82) is 0 Å². The second-order valence-corrected chi connectivity index (χ2v) is 12.7. The van der Waals surface area contributed by atoms with Crippen LogP contribution in [-0.2, 0) is 17.2 Å². The lowest BCUT2D eigenvalue weighted by Crippen LogP contribution is -2.31. The Hall–Kier alpha value is -4.41. The van der Waals surface area contributed by atoms with Gasteiger partial charge in [0, 0.05) is 21.6 Å². The highest BCUT2D eigenvalue weighted by atomic mass is 79.9. The van der Waals surface area contributed by atoms with Gasteiger partial charge < -0.3 is 15.4 Å². The number of rotatable bonds is 9. The van der Waals surface area contributed by atoms with Crippen LogP contribution in [0.25, 0.3) is 0 Å². The minimum absolute atomic E-state index is 0.242. The number of nitrogens with zero attached hydrogens (tertiary/aromatic N) is 3. The van der Waals surface area contributed by atoms with E-state index in [4.69, 9.17) is 14.8 Å². The summed E-state index contributed by atoms with van der Waals surface area (Å²) >= 11 is 4.84. The predicted octanol–water partition coefficient (Wildman–Crippen LogP) is 8.60. The lowest BCUT2D eigenvalue weighted by Gasteiger charge is -2.29. The number of hydrogen-bond acceptors (Lipinski definition) is 6. The average molecular weight is 685 g/mol. The third kappa shape index (κ3) is 6.97. The number of nitrogens with one attached hydrogen (secondary N) is 2. The number of allylic oxidation sites excluding steroid dienone is 1.